The van der Waals surface area contributed by atoms with Gasteiger partial charge in [-0.2, -0.15) is 4.98 Å². The van der Waals surface area contributed by atoms with Gasteiger partial charge in [0.2, 0.25) is 5.89 Å². The lowest BCUT2D eigenvalue weighted by atomic mass is 9.88. The molecule has 1 aromatic heterocycles. The first-order valence-corrected chi connectivity index (χ1v) is 8.05. The van der Waals surface area contributed by atoms with Gasteiger partial charge in [-0.3, -0.25) is 0 Å². The van der Waals surface area contributed by atoms with Crippen LogP contribution in [0.1, 0.15) is 54.9 Å². The van der Waals surface area contributed by atoms with Crippen LogP contribution in [0.15, 0.2) is 28.8 Å². The summed E-state index contributed by atoms with van der Waals surface area (Å²) in [7, 11) is 0. The van der Waals surface area contributed by atoms with Crippen LogP contribution in [0.25, 0.3) is 0 Å². The highest BCUT2D eigenvalue weighted by atomic mass is 16.5. The largest absolute Gasteiger partial charge is 0.373 e. The van der Waals surface area contributed by atoms with Gasteiger partial charge in [0.25, 0.3) is 0 Å². The first-order valence-electron chi connectivity index (χ1n) is 8.05. The third kappa shape index (κ3) is 1.81. The van der Waals surface area contributed by atoms with Gasteiger partial charge in [0, 0.05) is 18.0 Å². The number of rotatable bonds is 2. The summed E-state index contributed by atoms with van der Waals surface area (Å²) in [6, 6.07) is 8.56. The molecule has 1 aliphatic heterocycles. The van der Waals surface area contributed by atoms with Crippen molar-refractivity contribution in [3.8, 4) is 0 Å². The second-order valence-electron chi connectivity index (χ2n) is 6.83. The Morgan fingerprint density at radius 3 is 2.90 bits per heavy atom. The molecule has 4 nitrogen and oxygen atoms in total. The lowest BCUT2D eigenvalue weighted by molar-refractivity contribution is 0.343. The summed E-state index contributed by atoms with van der Waals surface area (Å²) < 4.78 is 5.58. The number of aromatic nitrogens is 2. The van der Waals surface area contributed by atoms with Gasteiger partial charge in [-0.1, -0.05) is 29.8 Å². The minimum atomic E-state index is 0.141. The SMILES string of the molecule is c1ccc2c(c1)CC(c1nc(C3CC4CCC3C4)no1)N2. The maximum absolute atomic E-state index is 5.58. The molecular formula is C17H19N3O. The zero-order chi connectivity index (χ0) is 13.8. The molecule has 0 spiro atoms. The molecule has 2 fully saturated rings. The second kappa shape index (κ2) is 4.33. The van der Waals surface area contributed by atoms with Crippen LogP contribution in [0, 0.1) is 11.8 Å². The van der Waals surface area contributed by atoms with Crippen molar-refractivity contribution >= 4 is 5.69 Å². The molecule has 4 atom stereocenters. The van der Waals surface area contributed by atoms with Crippen LogP contribution in [-0.2, 0) is 6.42 Å². The van der Waals surface area contributed by atoms with Crippen molar-refractivity contribution in [2.75, 3.05) is 5.32 Å². The molecule has 0 saturated heterocycles. The highest BCUT2D eigenvalue weighted by molar-refractivity contribution is 5.56. The van der Waals surface area contributed by atoms with E-state index in [1.807, 2.05) is 0 Å². The van der Waals surface area contributed by atoms with Crippen molar-refractivity contribution in [3.63, 3.8) is 0 Å². The molecule has 2 heterocycles. The monoisotopic (exact) mass is 281 g/mol. The maximum atomic E-state index is 5.58. The van der Waals surface area contributed by atoms with Gasteiger partial charge < -0.3 is 9.84 Å². The molecule has 4 heteroatoms. The van der Waals surface area contributed by atoms with Crippen LogP contribution in [-0.4, -0.2) is 10.1 Å². The van der Waals surface area contributed by atoms with E-state index >= 15 is 0 Å². The van der Waals surface area contributed by atoms with E-state index in [0.717, 1.165) is 30.0 Å². The van der Waals surface area contributed by atoms with Crippen molar-refractivity contribution in [1.29, 1.82) is 0 Å². The highest BCUT2D eigenvalue weighted by Crippen LogP contribution is 2.52. The molecule has 0 radical (unpaired) electrons. The van der Waals surface area contributed by atoms with Gasteiger partial charge in [-0.15, -0.1) is 0 Å². The van der Waals surface area contributed by atoms with Crippen LogP contribution in [0.4, 0.5) is 5.69 Å². The minimum absolute atomic E-state index is 0.141. The molecule has 4 unspecified atom stereocenters. The molecule has 108 valence electrons. The Kier molecular flexibility index (Phi) is 2.43. The maximum Gasteiger partial charge on any atom is 0.249 e. The van der Waals surface area contributed by atoms with Crippen molar-refractivity contribution in [2.45, 2.75) is 44.1 Å². The zero-order valence-corrected chi connectivity index (χ0v) is 12.0. The average Bonchev–Trinajstić information content (AvgIpc) is 3.27. The summed E-state index contributed by atoms with van der Waals surface area (Å²) in [5, 5.41) is 7.79. The molecule has 5 rings (SSSR count). The molecule has 2 bridgehead atoms. The lowest BCUT2D eigenvalue weighted by Gasteiger charge is -2.17. The Morgan fingerprint density at radius 1 is 1.14 bits per heavy atom. The molecular weight excluding hydrogens is 262 g/mol. The molecule has 2 saturated carbocycles. The van der Waals surface area contributed by atoms with E-state index in [2.05, 4.69) is 34.7 Å². The zero-order valence-electron chi connectivity index (χ0n) is 12.0. The van der Waals surface area contributed by atoms with Gasteiger partial charge in [0.1, 0.15) is 6.04 Å². The topological polar surface area (TPSA) is 51.0 Å². The quantitative estimate of drug-likeness (QED) is 0.912. The van der Waals surface area contributed by atoms with Gasteiger partial charge >= 0.3 is 0 Å². The van der Waals surface area contributed by atoms with E-state index in [4.69, 9.17) is 9.51 Å². The summed E-state index contributed by atoms with van der Waals surface area (Å²) in [6.45, 7) is 0. The van der Waals surface area contributed by atoms with Gasteiger partial charge in [0.05, 0.1) is 0 Å². The van der Waals surface area contributed by atoms with Gasteiger partial charge in [-0.05, 0) is 42.7 Å². The summed E-state index contributed by atoms with van der Waals surface area (Å²) in [5.41, 5.74) is 2.53. The van der Waals surface area contributed by atoms with Crippen LogP contribution in [0.3, 0.4) is 0 Å². The Hall–Kier alpha value is -1.84. The number of para-hydroxylation sites is 1. The van der Waals surface area contributed by atoms with Crippen molar-refractivity contribution in [3.05, 3.63) is 41.5 Å². The highest BCUT2D eigenvalue weighted by Gasteiger charge is 2.42. The fourth-order valence-electron chi connectivity index (χ4n) is 4.55. The molecule has 1 N–H and O–H groups in total. The van der Waals surface area contributed by atoms with Crippen LogP contribution in [0.5, 0.6) is 0 Å². The number of fused-ring (bicyclic) bond motifs is 3. The van der Waals surface area contributed by atoms with Crippen molar-refractivity contribution in [2.24, 2.45) is 11.8 Å². The molecule has 3 aliphatic rings. The summed E-state index contributed by atoms with van der Waals surface area (Å²) in [6.07, 6.45) is 6.34. The predicted molar refractivity (Wildman–Crippen MR) is 79.0 cm³/mol. The Bertz CT molecular complexity index is 655. The number of nitrogens with one attached hydrogen (secondary N) is 1. The van der Waals surface area contributed by atoms with E-state index < -0.39 is 0 Å². The van der Waals surface area contributed by atoms with Gasteiger partial charge in [0.15, 0.2) is 5.82 Å². The van der Waals surface area contributed by atoms with Crippen LogP contribution < -0.4 is 5.32 Å². The first kappa shape index (κ1) is 11.8. The predicted octanol–water partition coefficient (Wildman–Crippen LogP) is 3.68. The van der Waals surface area contributed by atoms with Gasteiger partial charge in [-0.25, -0.2) is 0 Å². The number of hydrogen-bond acceptors (Lipinski definition) is 4. The number of hydrogen-bond donors (Lipinski definition) is 1. The number of benzene rings is 1. The lowest BCUT2D eigenvalue weighted by Crippen LogP contribution is -2.11. The Balaban J connectivity index is 1.38. The molecule has 2 aliphatic carbocycles. The molecule has 21 heavy (non-hydrogen) atoms. The third-order valence-corrected chi connectivity index (χ3v) is 5.60. The second-order valence-corrected chi connectivity index (χ2v) is 6.83. The smallest absolute Gasteiger partial charge is 0.249 e. The molecule has 1 aromatic carbocycles. The Labute approximate surface area is 123 Å². The van der Waals surface area contributed by atoms with Crippen LogP contribution in [0.2, 0.25) is 0 Å². The first-order chi connectivity index (χ1) is 10.4. The van der Waals surface area contributed by atoms with E-state index in [9.17, 15) is 0 Å². The van der Waals surface area contributed by atoms with Crippen LogP contribution >= 0.6 is 0 Å². The number of anilines is 1. The van der Waals surface area contributed by atoms with E-state index in [0.29, 0.717) is 5.92 Å². The third-order valence-electron chi connectivity index (χ3n) is 5.60. The van der Waals surface area contributed by atoms with Crippen molar-refractivity contribution in [1.82, 2.24) is 10.1 Å². The fraction of sp³-hybridized carbons (Fsp3) is 0.529. The summed E-state index contributed by atoms with van der Waals surface area (Å²) in [5.74, 6) is 3.97. The summed E-state index contributed by atoms with van der Waals surface area (Å²) in [4.78, 5) is 4.74. The minimum Gasteiger partial charge on any atom is -0.373 e. The summed E-state index contributed by atoms with van der Waals surface area (Å²) >= 11 is 0. The van der Waals surface area contributed by atoms with Crippen molar-refractivity contribution < 1.29 is 4.52 Å². The molecule has 2 aromatic rings. The normalized spacial score (nSPS) is 33.1. The number of nitrogens with zero attached hydrogens (tertiary/aromatic N) is 2. The fourth-order valence-corrected chi connectivity index (χ4v) is 4.55. The van der Waals surface area contributed by atoms with E-state index in [-0.39, 0.29) is 6.04 Å². The van der Waals surface area contributed by atoms with E-state index in [1.54, 1.807) is 0 Å². The average molecular weight is 281 g/mol. The Morgan fingerprint density at radius 2 is 2.10 bits per heavy atom. The standard InChI is InChI=1S/C17H19N3O/c1-2-4-14-12(3-1)9-15(18-14)17-19-16(20-21-17)13-8-10-5-6-11(13)7-10/h1-4,10-11,13,15,18H,5-9H2. The van der Waals surface area contributed by atoms with E-state index in [1.165, 1.54) is 36.9 Å². The molecule has 0 amide bonds.